The number of carbonyl (C=O) groups excluding carboxylic acids is 1. The number of carboxylic acids is 1. The van der Waals surface area contributed by atoms with Crippen LogP contribution in [0.2, 0.25) is 0 Å². The van der Waals surface area contributed by atoms with Crippen molar-refractivity contribution in [1.29, 1.82) is 0 Å². The molecule has 1 aliphatic heterocycles. The van der Waals surface area contributed by atoms with Gasteiger partial charge in [-0.1, -0.05) is 26.8 Å². The van der Waals surface area contributed by atoms with Gasteiger partial charge in [-0.3, -0.25) is 19.3 Å². The fourth-order valence-electron chi connectivity index (χ4n) is 5.37. The molecular formula is C27H30N6O5S. The van der Waals surface area contributed by atoms with E-state index in [1.807, 2.05) is 6.07 Å². The molecule has 1 N–H and O–H groups in total. The number of rotatable bonds is 7. The minimum absolute atomic E-state index is 0.155. The zero-order valence-electron chi connectivity index (χ0n) is 22.3. The van der Waals surface area contributed by atoms with Gasteiger partial charge < -0.3 is 14.3 Å². The maximum Gasteiger partial charge on any atom is 0.333 e. The molecule has 5 rings (SSSR count). The second-order valence-electron chi connectivity index (χ2n) is 10.5. The van der Waals surface area contributed by atoms with Crippen LogP contribution in [0, 0.1) is 0 Å². The lowest BCUT2D eigenvalue weighted by Crippen LogP contribution is -2.59. The molecule has 0 aliphatic carbocycles. The summed E-state index contributed by atoms with van der Waals surface area (Å²) in [6, 6.07) is 5.98. The maximum atomic E-state index is 14.6. The number of hydrogen-bond donors (Lipinski definition) is 1. The molecule has 1 fully saturated rings. The average molecular weight is 551 g/mol. The number of carboxylic acid groups (broad SMARTS) is 1. The monoisotopic (exact) mass is 550 g/mol. The number of nitrogens with zero attached hydrogens (tertiary/aromatic N) is 6. The van der Waals surface area contributed by atoms with Crippen molar-refractivity contribution in [2.24, 2.45) is 0 Å². The highest BCUT2D eigenvalue weighted by Crippen LogP contribution is 2.52. The molecule has 1 aromatic carbocycles. The third-order valence-corrected chi connectivity index (χ3v) is 7.90. The third-order valence-electron chi connectivity index (χ3n) is 7.09. The Hall–Kier alpha value is -4.03. The summed E-state index contributed by atoms with van der Waals surface area (Å²) in [5, 5.41) is 17.6. The highest BCUT2D eigenvalue weighted by molar-refractivity contribution is 7.09. The van der Waals surface area contributed by atoms with E-state index in [1.165, 1.54) is 33.4 Å². The zero-order chi connectivity index (χ0) is 27.9. The number of thiazole rings is 1. The van der Waals surface area contributed by atoms with Crippen molar-refractivity contribution in [3.05, 3.63) is 82.7 Å². The smallest absolute Gasteiger partial charge is 0.333 e. The largest absolute Gasteiger partial charge is 0.496 e. The van der Waals surface area contributed by atoms with Crippen LogP contribution in [0.25, 0.3) is 0 Å². The minimum atomic E-state index is -1.87. The van der Waals surface area contributed by atoms with Crippen molar-refractivity contribution in [3.63, 3.8) is 0 Å². The van der Waals surface area contributed by atoms with Crippen LogP contribution in [-0.4, -0.2) is 66.2 Å². The van der Waals surface area contributed by atoms with Crippen molar-refractivity contribution in [1.82, 2.24) is 29.5 Å². The Balaban J connectivity index is 1.75. The summed E-state index contributed by atoms with van der Waals surface area (Å²) < 4.78 is 12.8. The number of amides is 1. The molecule has 0 bridgehead atoms. The fraction of sp³-hybridized carbons (Fsp3) is 0.370. The van der Waals surface area contributed by atoms with Gasteiger partial charge in [-0.25, -0.2) is 14.8 Å². The Bertz CT molecular complexity index is 1450. The van der Waals surface area contributed by atoms with E-state index in [-0.39, 0.29) is 23.4 Å². The Labute approximate surface area is 229 Å². The van der Waals surface area contributed by atoms with Crippen molar-refractivity contribution < 1.29 is 23.8 Å². The standard InChI is InChI=1S/C27H30N6O5S/c1-26(2,3)18-8-7-17(15-19(18)37-5)24(34)33-23(22-29-11-14-39-22)31(4)20(21-28-10-13-38-21)27(33,25(35)36)16-32-12-6-9-30-32/h6-15,20,23H,16H2,1-5H3,(H,35,36). The number of oxazole rings is 1. The second kappa shape index (κ2) is 9.93. The summed E-state index contributed by atoms with van der Waals surface area (Å²) in [5.74, 6) is -1.00. The summed E-state index contributed by atoms with van der Waals surface area (Å²) in [6.45, 7) is 6.01. The van der Waals surface area contributed by atoms with Crippen molar-refractivity contribution in [2.75, 3.05) is 14.2 Å². The molecule has 4 heterocycles. The molecule has 0 saturated carbocycles. The maximum absolute atomic E-state index is 14.6. The third kappa shape index (κ3) is 4.39. The van der Waals surface area contributed by atoms with Gasteiger partial charge in [0, 0.05) is 29.5 Å². The Kier molecular flexibility index (Phi) is 6.77. The minimum Gasteiger partial charge on any atom is -0.496 e. The number of hydrogen-bond acceptors (Lipinski definition) is 9. The molecule has 11 nitrogen and oxygen atoms in total. The lowest BCUT2D eigenvalue weighted by molar-refractivity contribution is -0.151. The van der Waals surface area contributed by atoms with Crippen LogP contribution < -0.4 is 4.74 Å². The Morgan fingerprint density at radius 3 is 2.56 bits per heavy atom. The van der Waals surface area contributed by atoms with Crippen LogP contribution in [0.5, 0.6) is 5.75 Å². The van der Waals surface area contributed by atoms with E-state index in [9.17, 15) is 14.7 Å². The van der Waals surface area contributed by atoms with Gasteiger partial charge in [0.15, 0.2) is 5.54 Å². The lowest BCUT2D eigenvalue weighted by atomic mass is 9.85. The number of aliphatic carboxylic acids is 1. The highest BCUT2D eigenvalue weighted by Gasteiger charge is 2.66. The number of ether oxygens (including phenoxy) is 1. The summed E-state index contributed by atoms with van der Waals surface area (Å²) in [5.41, 5.74) is -0.885. The molecular weight excluding hydrogens is 520 g/mol. The molecule has 0 spiro atoms. The second-order valence-corrected chi connectivity index (χ2v) is 11.4. The number of benzene rings is 1. The van der Waals surface area contributed by atoms with E-state index >= 15 is 0 Å². The van der Waals surface area contributed by atoms with Gasteiger partial charge in [-0.15, -0.1) is 11.3 Å². The van der Waals surface area contributed by atoms with Crippen molar-refractivity contribution in [2.45, 2.75) is 50.5 Å². The van der Waals surface area contributed by atoms with Crippen molar-refractivity contribution in [3.8, 4) is 5.75 Å². The van der Waals surface area contributed by atoms with Gasteiger partial charge in [0.1, 0.15) is 29.2 Å². The van der Waals surface area contributed by atoms with Gasteiger partial charge in [0.05, 0.1) is 19.9 Å². The Morgan fingerprint density at radius 1 is 1.21 bits per heavy atom. The topological polar surface area (TPSA) is 127 Å². The number of carbonyl (C=O) groups is 2. The summed E-state index contributed by atoms with van der Waals surface area (Å²) >= 11 is 1.34. The van der Waals surface area contributed by atoms with Gasteiger partial charge in [0.25, 0.3) is 5.91 Å². The van der Waals surface area contributed by atoms with E-state index in [1.54, 1.807) is 61.2 Å². The normalized spacial score (nSPS) is 21.8. The first-order valence-corrected chi connectivity index (χ1v) is 13.2. The summed E-state index contributed by atoms with van der Waals surface area (Å²) in [7, 11) is 3.30. The lowest BCUT2D eigenvalue weighted by Gasteiger charge is -2.38. The number of methoxy groups -OCH3 is 1. The number of likely N-dealkylation sites (N-methyl/N-ethyl adjacent to an activating group) is 1. The molecule has 1 amide bonds. The first kappa shape index (κ1) is 26.6. The van der Waals surface area contributed by atoms with Crippen LogP contribution in [0.1, 0.15) is 59.8 Å². The van der Waals surface area contributed by atoms with Gasteiger partial charge in [0.2, 0.25) is 5.89 Å². The zero-order valence-corrected chi connectivity index (χ0v) is 23.1. The molecule has 4 aromatic rings. The quantitative estimate of drug-likeness (QED) is 0.363. The van der Waals surface area contributed by atoms with Crippen LogP contribution in [0.15, 0.2) is 65.1 Å². The van der Waals surface area contributed by atoms with E-state index in [0.717, 1.165) is 5.56 Å². The first-order valence-electron chi connectivity index (χ1n) is 12.3. The molecule has 12 heteroatoms. The van der Waals surface area contributed by atoms with E-state index in [4.69, 9.17) is 9.15 Å². The molecule has 3 unspecified atom stereocenters. The molecule has 1 saturated heterocycles. The molecule has 3 aromatic heterocycles. The molecule has 204 valence electrons. The van der Waals surface area contributed by atoms with Gasteiger partial charge in [-0.05, 0) is 36.2 Å². The van der Waals surface area contributed by atoms with Crippen LogP contribution >= 0.6 is 11.3 Å². The number of aromatic nitrogens is 4. The summed E-state index contributed by atoms with van der Waals surface area (Å²) in [4.78, 5) is 40.0. The highest BCUT2D eigenvalue weighted by atomic mass is 32.1. The molecule has 3 atom stereocenters. The Morgan fingerprint density at radius 2 is 2.00 bits per heavy atom. The molecule has 0 radical (unpaired) electrons. The van der Waals surface area contributed by atoms with Gasteiger partial charge >= 0.3 is 5.97 Å². The molecule has 39 heavy (non-hydrogen) atoms. The SMILES string of the molecule is COc1cc(C(=O)N2C(c3nccs3)N(C)C(c3ncco3)C2(Cn2cccn2)C(=O)O)ccc1C(C)(C)C. The van der Waals surface area contributed by atoms with Crippen LogP contribution in [0.4, 0.5) is 0 Å². The van der Waals surface area contributed by atoms with Crippen LogP contribution in [-0.2, 0) is 16.8 Å². The van der Waals surface area contributed by atoms with Gasteiger partial charge in [-0.2, -0.15) is 5.10 Å². The fourth-order valence-corrected chi connectivity index (χ4v) is 6.15. The predicted octanol–water partition coefficient (Wildman–Crippen LogP) is 3.99. The average Bonchev–Trinajstić information content (AvgIpc) is 3.70. The first-order chi connectivity index (χ1) is 18.6. The van der Waals surface area contributed by atoms with E-state index < -0.39 is 29.6 Å². The van der Waals surface area contributed by atoms with Crippen molar-refractivity contribution >= 4 is 23.2 Å². The van der Waals surface area contributed by atoms with Crippen LogP contribution in [0.3, 0.4) is 0 Å². The predicted molar refractivity (Wildman–Crippen MR) is 142 cm³/mol. The summed E-state index contributed by atoms with van der Waals surface area (Å²) in [6.07, 6.45) is 6.89. The van der Waals surface area contributed by atoms with E-state index in [0.29, 0.717) is 10.8 Å². The molecule has 1 aliphatic rings. The van der Waals surface area contributed by atoms with E-state index in [2.05, 4.69) is 35.8 Å².